The fourth-order valence-electron chi connectivity index (χ4n) is 3.96. The van der Waals surface area contributed by atoms with Crippen molar-refractivity contribution >= 4 is 28.4 Å². The highest BCUT2D eigenvalue weighted by Crippen LogP contribution is 2.30. The molecule has 188 valence electrons. The average Bonchev–Trinajstić information content (AvgIpc) is 3.45. The van der Waals surface area contributed by atoms with Crippen molar-refractivity contribution in [1.29, 1.82) is 0 Å². The summed E-state index contributed by atoms with van der Waals surface area (Å²) in [6.07, 6.45) is 5.06. The number of carbonyl (C=O) groups is 1. The van der Waals surface area contributed by atoms with Gasteiger partial charge < -0.3 is 5.32 Å². The van der Waals surface area contributed by atoms with Gasteiger partial charge in [0.1, 0.15) is 17.5 Å². The summed E-state index contributed by atoms with van der Waals surface area (Å²) in [6, 6.07) is 11.4. The van der Waals surface area contributed by atoms with E-state index < -0.39 is 11.8 Å². The van der Waals surface area contributed by atoms with Crippen LogP contribution in [0, 0.1) is 11.6 Å². The minimum Gasteiger partial charge on any atom is -0.305 e. The monoisotopic (exact) mass is 501 g/mol. The molecule has 0 saturated carbocycles. The van der Waals surface area contributed by atoms with E-state index in [1.807, 2.05) is 27.8 Å². The molecule has 3 aromatic heterocycles. The van der Waals surface area contributed by atoms with Crippen LogP contribution in [0.4, 0.5) is 25.1 Å². The first-order valence-corrected chi connectivity index (χ1v) is 11.6. The molecule has 0 bridgehead atoms. The largest absolute Gasteiger partial charge is 0.324 e. The Hall–Kier alpha value is -4.60. The molecule has 0 aliphatic rings. The van der Waals surface area contributed by atoms with E-state index >= 15 is 4.39 Å². The first-order valence-electron chi connectivity index (χ1n) is 11.6. The summed E-state index contributed by atoms with van der Waals surface area (Å²) >= 11 is 0. The van der Waals surface area contributed by atoms with Gasteiger partial charge in [0.25, 0.3) is 0 Å². The van der Waals surface area contributed by atoms with E-state index in [1.165, 1.54) is 28.9 Å². The zero-order valence-corrected chi connectivity index (χ0v) is 20.8. The molecule has 0 spiro atoms. The molecule has 0 fully saturated rings. The number of aromatic nitrogens is 5. The quantitative estimate of drug-likeness (QED) is 0.314. The highest BCUT2D eigenvalue weighted by atomic mass is 19.1. The molecule has 8 nitrogen and oxygen atoms in total. The number of nitrogens with one attached hydrogen (secondary N) is 2. The molecular formula is C27H25F2N7O. The number of aryl methyl sites for hydroxylation is 1. The van der Waals surface area contributed by atoms with Crippen molar-refractivity contribution in [2.24, 2.45) is 7.05 Å². The van der Waals surface area contributed by atoms with Gasteiger partial charge in [-0.05, 0) is 42.0 Å². The molecule has 0 aliphatic carbocycles. The highest BCUT2D eigenvalue weighted by Gasteiger charge is 2.22. The number of hydrogen-bond donors (Lipinski definition) is 2. The zero-order valence-electron chi connectivity index (χ0n) is 20.8. The molecule has 0 aliphatic heterocycles. The second-order valence-corrected chi connectivity index (χ2v) is 9.71. The number of pyridine rings is 1. The summed E-state index contributed by atoms with van der Waals surface area (Å²) in [4.78, 5) is 17.1. The number of benzene rings is 2. The van der Waals surface area contributed by atoms with Crippen molar-refractivity contribution in [3.8, 4) is 16.8 Å². The summed E-state index contributed by atoms with van der Waals surface area (Å²) in [6.45, 7) is 5.98. The number of halogens is 2. The van der Waals surface area contributed by atoms with E-state index in [4.69, 9.17) is 0 Å². The minimum atomic E-state index is -0.647. The lowest BCUT2D eigenvalue weighted by molar-refractivity contribution is 0.262. The van der Waals surface area contributed by atoms with Gasteiger partial charge >= 0.3 is 6.03 Å². The van der Waals surface area contributed by atoms with Crippen LogP contribution in [-0.2, 0) is 12.5 Å². The Kier molecular flexibility index (Phi) is 5.94. The summed E-state index contributed by atoms with van der Waals surface area (Å²) in [7, 11) is 1.81. The van der Waals surface area contributed by atoms with Gasteiger partial charge in [0.2, 0.25) is 0 Å². The Morgan fingerprint density at radius 2 is 1.70 bits per heavy atom. The van der Waals surface area contributed by atoms with E-state index in [2.05, 4.69) is 25.8 Å². The topological polar surface area (TPSA) is 89.7 Å². The van der Waals surface area contributed by atoms with Crippen LogP contribution in [0.3, 0.4) is 0 Å². The van der Waals surface area contributed by atoms with Crippen LogP contribution in [0.15, 0.2) is 67.1 Å². The predicted octanol–water partition coefficient (Wildman–Crippen LogP) is 6.04. The van der Waals surface area contributed by atoms with Crippen LogP contribution in [-0.4, -0.2) is 30.6 Å². The normalized spacial score (nSPS) is 11.6. The SMILES string of the molecule is Cn1ncc2c(-c3ccc(NC(=O)Nc4cc(C(C)(C)C)nn4-c4ccc(F)cc4)c(F)c3)cncc21. The smallest absolute Gasteiger partial charge is 0.305 e. The fourth-order valence-corrected chi connectivity index (χ4v) is 3.96. The third-order valence-corrected chi connectivity index (χ3v) is 5.99. The average molecular weight is 502 g/mol. The highest BCUT2D eigenvalue weighted by molar-refractivity contribution is 6.00. The van der Waals surface area contributed by atoms with Crippen molar-refractivity contribution in [2.75, 3.05) is 10.6 Å². The van der Waals surface area contributed by atoms with E-state index in [0.29, 0.717) is 17.1 Å². The van der Waals surface area contributed by atoms with Gasteiger partial charge in [-0.2, -0.15) is 10.2 Å². The standard InChI is InChI=1S/C27H25F2N7O/c1-27(2,3)24-12-25(36(34-24)18-8-6-17(28)7-9-18)33-26(37)32-22-10-5-16(11-21(22)29)19-13-30-15-23-20(19)14-31-35(23)4/h5-15H,1-4H3,(H2,32,33,37). The maximum atomic E-state index is 15.0. The first kappa shape index (κ1) is 24.1. The van der Waals surface area contributed by atoms with Crippen LogP contribution >= 0.6 is 0 Å². The summed E-state index contributed by atoms with van der Waals surface area (Å²) < 4.78 is 31.7. The van der Waals surface area contributed by atoms with Crippen molar-refractivity contribution in [1.82, 2.24) is 24.5 Å². The Bertz CT molecular complexity index is 1610. The third kappa shape index (κ3) is 4.77. The second kappa shape index (κ2) is 9.12. The van der Waals surface area contributed by atoms with Crippen LogP contribution in [0.25, 0.3) is 27.7 Å². The lowest BCUT2D eigenvalue weighted by Gasteiger charge is -2.14. The Labute approximate surface area is 212 Å². The van der Waals surface area contributed by atoms with Gasteiger partial charge in [-0.15, -0.1) is 0 Å². The Morgan fingerprint density at radius 3 is 2.41 bits per heavy atom. The molecule has 0 saturated heterocycles. The molecule has 10 heteroatoms. The lowest BCUT2D eigenvalue weighted by Crippen LogP contribution is -2.22. The van der Waals surface area contributed by atoms with Gasteiger partial charge in [-0.3, -0.25) is 15.0 Å². The molecule has 2 aromatic carbocycles. The van der Waals surface area contributed by atoms with Crippen molar-refractivity contribution < 1.29 is 13.6 Å². The van der Waals surface area contributed by atoms with Crippen molar-refractivity contribution in [3.05, 3.63) is 84.4 Å². The Morgan fingerprint density at radius 1 is 0.946 bits per heavy atom. The summed E-state index contributed by atoms with van der Waals surface area (Å²) in [5.41, 5.74) is 3.17. The van der Waals surface area contributed by atoms with E-state index in [-0.39, 0.29) is 16.9 Å². The molecule has 37 heavy (non-hydrogen) atoms. The molecule has 0 radical (unpaired) electrons. The number of hydrogen-bond acceptors (Lipinski definition) is 4. The maximum absolute atomic E-state index is 15.0. The van der Waals surface area contributed by atoms with E-state index in [9.17, 15) is 9.18 Å². The number of rotatable bonds is 4. The molecule has 3 heterocycles. The van der Waals surface area contributed by atoms with Gasteiger partial charge in [-0.25, -0.2) is 18.3 Å². The molecular weight excluding hydrogens is 476 g/mol. The predicted molar refractivity (Wildman–Crippen MR) is 139 cm³/mol. The van der Waals surface area contributed by atoms with Crippen LogP contribution in [0.5, 0.6) is 0 Å². The van der Waals surface area contributed by atoms with Gasteiger partial charge in [0, 0.05) is 35.7 Å². The van der Waals surface area contributed by atoms with E-state index in [0.717, 1.165) is 22.2 Å². The van der Waals surface area contributed by atoms with Crippen LogP contribution < -0.4 is 10.6 Å². The molecule has 0 unspecified atom stereocenters. The fraction of sp³-hybridized carbons (Fsp3) is 0.185. The first-order chi connectivity index (χ1) is 17.6. The third-order valence-electron chi connectivity index (χ3n) is 5.99. The second-order valence-electron chi connectivity index (χ2n) is 9.71. The minimum absolute atomic E-state index is 0.0106. The zero-order chi connectivity index (χ0) is 26.3. The van der Waals surface area contributed by atoms with Gasteiger partial charge in [-0.1, -0.05) is 26.8 Å². The van der Waals surface area contributed by atoms with E-state index in [1.54, 1.807) is 47.5 Å². The molecule has 2 amide bonds. The molecule has 5 rings (SSSR count). The number of anilines is 2. The van der Waals surface area contributed by atoms with Gasteiger partial charge in [0.15, 0.2) is 0 Å². The molecule has 0 atom stereocenters. The summed E-state index contributed by atoms with van der Waals surface area (Å²) in [5.74, 6) is -0.620. The number of fused-ring (bicyclic) bond motifs is 1. The number of carbonyl (C=O) groups excluding carboxylic acids is 1. The van der Waals surface area contributed by atoms with Crippen molar-refractivity contribution in [2.45, 2.75) is 26.2 Å². The van der Waals surface area contributed by atoms with Crippen LogP contribution in [0.2, 0.25) is 0 Å². The molecule has 2 N–H and O–H groups in total. The molecule has 5 aromatic rings. The number of nitrogens with zero attached hydrogens (tertiary/aromatic N) is 5. The number of amides is 2. The summed E-state index contributed by atoms with van der Waals surface area (Å²) in [5, 5.41) is 15.0. The van der Waals surface area contributed by atoms with Crippen molar-refractivity contribution in [3.63, 3.8) is 0 Å². The maximum Gasteiger partial charge on any atom is 0.324 e. The lowest BCUT2D eigenvalue weighted by atomic mass is 9.92. The number of urea groups is 1. The van der Waals surface area contributed by atoms with Crippen LogP contribution in [0.1, 0.15) is 26.5 Å². The Balaban J connectivity index is 1.40. The van der Waals surface area contributed by atoms with Gasteiger partial charge in [0.05, 0.1) is 35.0 Å².